The van der Waals surface area contributed by atoms with E-state index >= 15 is 0 Å². The van der Waals surface area contributed by atoms with Gasteiger partial charge in [-0.2, -0.15) is 0 Å². The standard InChI is InChI=1S/C47H33N3O/c48-46(50-47(49-30-31-10-3-1-4-11-31)38-25-24-36-23-22-35-14-7-8-15-39(35)42(36)28-38)41-16-9-17-43-45(41)40-27-26-37(29-44(40)51-43)34-20-18-33(19-21-34)32-12-5-2-6-13-32/h1-29H,30H2,(H2,48,49,50). The van der Waals surface area contributed by atoms with E-state index in [1.54, 1.807) is 0 Å². The summed E-state index contributed by atoms with van der Waals surface area (Å²) in [5.41, 5.74) is 15.9. The third-order valence-corrected chi connectivity index (χ3v) is 9.58. The Balaban J connectivity index is 1.12. The summed E-state index contributed by atoms with van der Waals surface area (Å²) >= 11 is 0. The van der Waals surface area contributed by atoms with E-state index in [4.69, 9.17) is 20.1 Å². The Morgan fingerprint density at radius 1 is 0.490 bits per heavy atom. The van der Waals surface area contributed by atoms with Crippen molar-refractivity contribution < 1.29 is 4.42 Å². The summed E-state index contributed by atoms with van der Waals surface area (Å²) in [6, 6.07) is 60.8. The molecule has 0 unspecified atom stereocenters. The van der Waals surface area contributed by atoms with Gasteiger partial charge in [0, 0.05) is 21.9 Å². The summed E-state index contributed by atoms with van der Waals surface area (Å²) in [5, 5.41) is 6.63. The van der Waals surface area contributed by atoms with Crippen LogP contribution in [-0.4, -0.2) is 11.7 Å². The van der Waals surface area contributed by atoms with Crippen LogP contribution in [0.4, 0.5) is 0 Å². The van der Waals surface area contributed by atoms with Crippen molar-refractivity contribution in [1.29, 1.82) is 0 Å². The van der Waals surface area contributed by atoms with Crippen molar-refractivity contribution in [3.63, 3.8) is 0 Å². The van der Waals surface area contributed by atoms with Gasteiger partial charge in [-0.15, -0.1) is 0 Å². The highest BCUT2D eigenvalue weighted by Gasteiger charge is 2.16. The lowest BCUT2D eigenvalue weighted by Gasteiger charge is -2.09. The lowest BCUT2D eigenvalue weighted by Crippen LogP contribution is -2.17. The molecule has 4 heteroatoms. The third-order valence-electron chi connectivity index (χ3n) is 9.58. The summed E-state index contributed by atoms with van der Waals surface area (Å²) in [6.07, 6.45) is 0. The van der Waals surface area contributed by atoms with Gasteiger partial charge in [0.15, 0.2) is 5.84 Å². The summed E-state index contributed by atoms with van der Waals surface area (Å²) in [7, 11) is 0. The normalized spacial score (nSPS) is 12.3. The Hall–Kier alpha value is -6.78. The van der Waals surface area contributed by atoms with Crippen LogP contribution in [0.1, 0.15) is 16.7 Å². The Labute approximate surface area is 295 Å². The lowest BCUT2D eigenvalue weighted by atomic mass is 9.99. The highest BCUT2D eigenvalue weighted by molar-refractivity contribution is 6.21. The van der Waals surface area contributed by atoms with Gasteiger partial charge >= 0.3 is 0 Å². The number of benzene rings is 8. The lowest BCUT2D eigenvalue weighted by molar-refractivity contribution is 0.669. The molecule has 51 heavy (non-hydrogen) atoms. The molecular weight excluding hydrogens is 623 g/mol. The van der Waals surface area contributed by atoms with Crippen molar-refractivity contribution in [2.24, 2.45) is 15.7 Å². The van der Waals surface area contributed by atoms with E-state index in [1.807, 2.05) is 42.5 Å². The highest BCUT2D eigenvalue weighted by Crippen LogP contribution is 2.35. The fourth-order valence-electron chi connectivity index (χ4n) is 6.96. The first-order valence-electron chi connectivity index (χ1n) is 17.1. The number of furan rings is 1. The van der Waals surface area contributed by atoms with Crippen LogP contribution in [0.3, 0.4) is 0 Å². The number of nitrogens with two attached hydrogens (primary N) is 1. The number of fused-ring (bicyclic) bond motifs is 6. The number of hydrogen-bond acceptors (Lipinski definition) is 2. The minimum atomic E-state index is 0.383. The largest absolute Gasteiger partial charge is 0.456 e. The minimum absolute atomic E-state index is 0.383. The molecule has 0 aliphatic rings. The molecule has 0 atom stereocenters. The Bertz CT molecular complexity index is 2760. The molecular formula is C47H33N3O. The Morgan fingerprint density at radius 3 is 1.94 bits per heavy atom. The zero-order valence-electron chi connectivity index (χ0n) is 27.8. The molecule has 9 rings (SSSR count). The molecule has 0 radical (unpaired) electrons. The molecule has 242 valence electrons. The van der Waals surface area contributed by atoms with Crippen LogP contribution in [-0.2, 0) is 6.54 Å². The number of hydrogen-bond donors (Lipinski definition) is 1. The second-order valence-corrected chi connectivity index (χ2v) is 12.8. The predicted molar refractivity (Wildman–Crippen MR) is 213 cm³/mol. The number of nitrogens with zero attached hydrogens (tertiary/aromatic N) is 2. The number of rotatable bonds is 6. The maximum atomic E-state index is 6.93. The fourth-order valence-corrected chi connectivity index (χ4v) is 6.96. The summed E-state index contributed by atoms with van der Waals surface area (Å²) in [4.78, 5) is 10.1. The fraction of sp³-hybridized carbons (Fsp3) is 0.0213. The maximum Gasteiger partial charge on any atom is 0.157 e. The molecule has 0 aliphatic heterocycles. The van der Waals surface area contributed by atoms with Gasteiger partial charge < -0.3 is 10.2 Å². The molecule has 0 aliphatic carbocycles. The van der Waals surface area contributed by atoms with Crippen molar-refractivity contribution in [1.82, 2.24) is 0 Å². The summed E-state index contributed by atoms with van der Waals surface area (Å²) in [5.74, 6) is 0.964. The van der Waals surface area contributed by atoms with Crippen LogP contribution in [0, 0.1) is 0 Å². The van der Waals surface area contributed by atoms with Crippen LogP contribution < -0.4 is 5.73 Å². The molecule has 1 heterocycles. The predicted octanol–water partition coefficient (Wildman–Crippen LogP) is 11.6. The van der Waals surface area contributed by atoms with Crippen LogP contribution >= 0.6 is 0 Å². The molecule has 1 aromatic heterocycles. The zero-order valence-corrected chi connectivity index (χ0v) is 27.8. The molecule has 2 N–H and O–H groups in total. The molecule has 0 fully saturated rings. The van der Waals surface area contributed by atoms with Crippen molar-refractivity contribution in [3.8, 4) is 22.3 Å². The third kappa shape index (κ3) is 5.83. The van der Waals surface area contributed by atoms with E-state index in [0.29, 0.717) is 18.2 Å². The second kappa shape index (κ2) is 12.9. The molecule has 0 amide bonds. The first kappa shape index (κ1) is 30.3. The van der Waals surface area contributed by atoms with E-state index in [9.17, 15) is 0 Å². The van der Waals surface area contributed by atoms with Gasteiger partial charge in [0.2, 0.25) is 0 Å². The topological polar surface area (TPSA) is 63.9 Å². The minimum Gasteiger partial charge on any atom is -0.456 e. The van der Waals surface area contributed by atoms with Gasteiger partial charge in [0.05, 0.1) is 6.54 Å². The molecule has 0 spiro atoms. The van der Waals surface area contributed by atoms with E-state index < -0.39 is 0 Å². The van der Waals surface area contributed by atoms with Crippen molar-refractivity contribution in [2.75, 3.05) is 0 Å². The smallest absolute Gasteiger partial charge is 0.157 e. The molecule has 9 aromatic rings. The molecule has 0 saturated heterocycles. The van der Waals surface area contributed by atoms with E-state index in [0.717, 1.165) is 60.5 Å². The van der Waals surface area contributed by atoms with E-state index in [-0.39, 0.29) is 0 Å². The first-order valence-corrected chi connectivity index (χ1v) is 17.1. The van der Waals surface area contributed by atoms with Crippen LogP contribution in [0.5, 0.6) is 0 Å². The number of amidine groups is 2. The Morgan fingerprint density at radius 2 is 1.14 bits per heavy atom. The van der Waals surface area contributed by atoms with Crippen LogP contribution in [0.15, 0.2) is 190 Å². The van der Waals surface area contributed by atoms with Crippen LogP contribution in [0.25, 0.3) is 65.7 Å². The Kier molecular flexibility index (Phi) is 7.67. The molecule has 8 aromatic carbocycles. The van der Waals surface area contributed by atoms with E-state index in [1.165, 1.54) is 21.9 Å². The van der Waals surface area contributed by atoms with Gasteiger partial charge in [-0.3, -0.25) is 4.99 Å². The van der Waals surface area contributed by atoms with Crippen molar-refractivity contribution in [2.45, 2.75) is 6.54 Å². The van der Waals surface area contributed by atoms with Gasteiger partial charge in [-0.05, 0) is 73.6 Å². The van der Waals surface area contributed by atoms with Gasteiger partial charge in [-0.25, -0.2) is 4.99 Å². The highest BCUT2D eigenvalue weighted by atomic mass is 16.3. The maximum absolute atomic E-state index is 6.93. The van der Waals surface area contributed by atoms with Crippen LogP contribution in [0.2, 0.25) is 0 Å². The molecule has 0 bridgehead atoms. The average Bonchev–Trinajstić information content (AvgIpc) is 3.58. The SMILES string of the molecule is N/C(=N\C(=N/Cc1ccccc1)c1ccc2ccc3ccccc3c2c1)c1cccc2oc3cc(-c4ccc(-c5ccccc5)cc4)ccc3c12. The number of aliphatic imine (C=N–C) groups is 2. The summed E-state index contributed by atoms with van der Waals surface area (Å²) in [6.45, 7) is 0.481. The molecule has 0 saturated carbocycles. The molecule has 4 nitrogen and oxygen atoms in total. The zero-order chi connectivity index (χ0) is 34.1. The second-order valence-electron chi connectivity index (χ2n) is 12.8. The van der Waals surface area contributed by atoms with Gasteiger partial charge in [-0.1, -0.05) is 152 Å². The quantitative estimate of drug-likeness (QED) is 0.110. The average molecular weight is 656 g/mol. The van der Waals surface area contributed by atoms with Gasteiger partial charge in [0.1, 0.15) is 17.0 Å². The van der Waals surface area contributed by atoms with E-state index in [2.05, 4.69) is 133 Å². The van der Waals surface area contributed by atoms with Gasteiger partial charge in [0.25, 0.3) is 0 Å². The first-order chi connectivity index (χ1) is 25.2. The van der Waals surface area contributed by atoms with Crippen molar-refractivity contribution >= 4 is 55.2 Å². The van der Waals surface area contributed by atoms with Crippen molar-refractivity contribution in [3.05, 3.63) is 193 Å². The summed E-state index contributed by atoms with van der Waals surface area (Å²) < 4.78 is 6.44. The monoisotopic (exact) mass is 655 g/mol.